The smallest absolute Gasteiger partial charge is 0.414 e. The second-order valence-electron chi connectivity index (χ2n) is 7.26. The maximum atomic E-state index is 11.7. The maximum absolute atomic E-state index is 11.7. The largest absolute Gasteiger partial charge is 0.465 e. The molecule has 0 fully saturated rings. The van der Waals surface area contributed by atoms with Gasteiger partial charge < -0.3 is 5.11 Å². The molecule has 0 spiro atoms. The number of hydrogen-bond donors (Lipinski definition) is 2. The molecule has 0 saturated carbocycles. The Kier molecular flexibility index (Phi) is 5.02. The van der Waals surface area contributed by atoms with Crippen LogP contribution in [0.2, 0.25) is 0 Å². The number of pyridine rings is 1. The van der Waals surface area contributed by atoms with E-state index < -0.39 is 21.7 Å². The van der Waals surface area contributed by atoms with Crippen molar-refractivity contribution in [1.29, 1.82) is 0 Å². The number of carboxylic acid groups (broad SMARTS) is 1. The number of anilines is 2. The van der Waals surface area contributed by atoms with E-state index in [1.807, 2.05) is 0 Å². The van der Waals surface area contributed by atoms with Gasteiger partial charge in [-0.15, -0.1) is 0 Å². The quantitative estimate of drug-likeness (QED) is 0.659. The highest BCUT2D eigenvalue weighted by Gasteiger charge is 2.30. The molecule has 0 radical (unpaired) electrons. The summed E-state index contributed by atoms with van der Waals surface area (Å²) >= 11 is 1.21. The van der Waals surface area contributed by atoms with Gasteiger partial charge in [0.15, 0.2) is 5.13 Å². The first-order valence-electron chi connectivity index (χ1n) is 8.33. The molecular weight excluding hydrogens is 400 g/mol. The number of rotatable bonds is 4. The van der Waals surface area contributed by atoms with Gasteiger partial charge in [-0.3, -0.25) is 4.72 Å². The van der Waals surface area contributed by atoms with Gasteiger partial charge >= 0.3 is 6.09 Å². The van der Waals surface area contributed by atoms with E-state index in [4.69, 9.17) is 0 Å². The summed E-state index contributed by atoms with van der Waals surface area (Å²) in [6, 6.07) is 10.4. The van der Waals surface area contributed by atoms with E-state index in [1.54, 1.807) is 57.2 Å². The molecule has 148 valence electrons. The van der Waals surface area contributed by atoms with E-state index in [-0.39, 0.29) is 0 Å². The minimum Gasteiger partial charge on any atom is -0.465 e. The van der Waals surface area contributed by atoms with Crippen LogP contribution in [0.5, 0.6) is 0 Å². The van der Waals surface area contributed by atoms with Crippen LogP contribution in [0.1, 0.15) is 20.8 Å². The number of hydrogen-bond acceptors (Lipinski definition) is 6. The average molecular weight is 421 g/mol. The topological polar surface area (TPSA) is 112 Å². The average Bonchev–Trinajstić information content (AvgIpc) is 2.94. The minimum absolute atomic E-state index is 0.368. The van der Waals surface area contributed by atoms with Crippen LogP contribution in [-0.4, -0.2) is 41.4 Å². The summed E-state index contributed by atoms with van der Waals surface area (Å²) in [5.41, 5.74) is 1.95. The van der Waals surface area contributed by atoms with Crippen LogP contribution in [0, 0.1) is 0 Å². The number of benzene rings is 1. The van der Waals surface area contributed by atoms with E-state index in [0.717, 1.165) is 11.8 Å². The summed E-state index contributed by atoms with van der Waals surface area (Å²) in [5, 5.41) is 9.92. The summed E-state index contributed by atoms with van der Waals surface area (Å²) in [6.07, 6.45) is 0.0243. The summed E-state index contributed by atoms with van der Waals surface area (Å²) < 4.78 is 25.0. The molecule has 0 aliphatic heterocycles. The Labute approximate surface area is 166 Å². The molecule has 0 aliphatic rings. The highest BCUT2D eigenvalue weighted by molar-refractivity contribution is 7.92. The molecule has 3 aromatic rings. The highest BCUT2D eigenvalue weighted by atomic mass is 32.2. The summed E-state index contributed by atoms with van der Waals surface area (Å²) in [5.74, 6) is 0. The summed E-state index contributed by atoms with van der Waals surface area (Å²) in [6.45, 7) is 5.41. The molecule has 28 heavy (non-hydrogen) atoms. The molecule has 0 aliphatic carbocycles. The molecule has 0 saturated heterocycles. The van der Waals surface area contributed by atoms with Crippen molar-refractivity contribution in [2.45, 2.75) is 26.3 Å². The van der Waals surface area contributed by atoms with Gasteiger partial charge in [0.05, 0.1) is 11.9 Å². The third-order valence-electron chi connectivity index (χ3n) is 3.78. The maximum Gasteiger partial charge on any atom is 0.414 e. The number of nitrogens with zero attached hydrogens (tertiary/aromatic N) is 3. The van der Waals surface area contributed by atoms with Crippen molar-refractivity contribution in [3.63, 3.8) is 0 Å². The molecule has 0 atom stereocenters. The van der Waals surface area contributed by atoms with Gasteiger partial charge in [0.25, 0.3) is 0 Å². The fourth-order valence-electron chi connectivity index (χ4n) is 2.64. The molecule has 1 aromatic carbocycles. The van der Waals surface area contributed by atoms with Crippen LogP contribution < -0.4 is 9.62 Å². The van der Waals surface area contributed by atoms with Gasteiger partial charge in [0.1, 0.15) is 10.3 Å². The molecule has 10 heteroatoms. The standard InChI is InChI=1S/C18H20N4O4S2/c1-18(2,3)22(17(23)24)16-20-14-10-9-13(19-15(14)27-16)11-5-7-12(8-6-11)21-28(4,25)26/h5-10,21H,1-4H3,(H,23,24). The number of amides is 1. The van der Waals surface area contributed by atoms with Gasteiger partial charge in [0, 0.05) is 16.8 Å². The summed E-state index contributed by atoms with van der Waals surface area (Å²) in [4.78, 5) is 22.5. The zero-order chi connectivity index (χ0) is 20.7. The van der Waals surface area contributed by atoms with E-state index in [9.17, 15) is 18.3 Å². The van der Waals surface area contributed by atoms with Crippen LogP contribution in [-0.2, 0) is 10.0 Å². The Hall–Kier alpha value is -2.72. The van der Waals surface area contributed by atoms with Gasteiger partial charge in [-0.25, -0.2) is 28.1 Å². The normalized spacial score (nSPS) is 12.1. The Morgan fingerprint density at radius 2 is 1.75 bits per heavy atom. The first kappa shape index (κ1) is 20.0. The Bertz CT molecular complexity index is 1130. The van der Waals surface area contributed by atoms with Gasteiger partial charge in [-0.1, -0.05) is 23.5 Å². The van der Waals surface area contributed by atoms with Crippen LogP contribution in [0.15, 0.2) is 36.4 Å². The van der Waals surface area contributed by atoms with E-state index in [0.29, 0.717) is 26.9 Å². The first-order valence-corrected chi connectivity index (χ1v) is 11.0. The SMILES string of the molecule is CC(C)(C)N(C(=O)O)c1nc2ccc(-c3ccc(NS(C)(=O)=O)cc3)nc2s1. The zero-order valence-corrected chi connectivity index (χ0v) is 17.4. The fraction of sp³-hybridized carbons (Fsp3) is 0.278. The zero-order valence-electron chi connectivity index (χ0n) is 15.8. The number of carbonyl (C=O) groups is 1. The molecule has 0 bridgehead atoms. The monoisotopic (exact) mass is 420 g/mol. The molecule has 2 heterocycles. The Morgan fingerprint density at radius 1 is 1.11 bits per heavy atom. The third kappa shape index (κ3) is 4.39. The molecule has 2 N–H and O–H groups in total. The second kappa shape index (κ2) is 7.02. The number of aromatic nitrogens is 2. The lowest BCUT2D eigenvalue weighted by Gasteiger charge is -2.30. The Balaban J connectivity index is 1.96. The van der Waals surface area contributed by atoms with Crippen molar-refractivity contribution in [2.24, 2.45) is 0 Å². The molecule has 8 nitrogen and oxygen atoms in total. The highest BCUT2D eigenvalue weighted by Crippen LogP contribution is 2.33. The van der Waals surface area contributed by atoms with Crippen molar-refractivity contribution in [3.8, 4) is 11.3 Å². The van der Waals surface area contributed by atoms with E-state index in [1.165, 1.54) is 16.2 Å². The number of sulfonamides is 1. The number of nitrogens with one attached hydrogen (secondary N) is 1. The van der Waals surface area contributed by atoms with Crippen LogP contribution in [0.25, 0.3) is 21.6 Å². The lowest BCUT2D eigenvalue weighted by Crippen LogP contribution is -2.45. The summed E-state index contributed by atoms with van der Waals surface area (Å²) in [7, 11) is -3.33. The minimum atomic E-state index is -3.33. The van der Waals surface area contributed by atoms with E-state index >= 15 is 0 Å². The van der Waals surface area contributed by atoms with Crippen molar-refractivity contribution in [1.82, 2.24) is 9.97 Å². The molecular formula is C18H20N4O4S2. The molecule has 0 unspecified atom stereocenters. The number of thiazole rings is 1. The van der Waals surface area contributed by atoms with Crippen LogP contribution in [0.3, 0.4) is 0 Å². The predicted octanol–water partition coefficient (Wildman–Crippen LogP) is 4.01. The molecule has 1 amide bonds. The van der Waals surface area contributed by atoms with Crippen molar-refractivity contribution >= 4 is 48.6 Å². The number of fused-ring (bicyclic) bond motifs is 1. The van der Waals surface area contributed by atoms with Gasteiger partial charge in [0.2, 0.25) is 10.0 Å². The lowest BCUT2D eigenvalue weighted by molar-refractivity contribution is 0.195. The van der Waals surface area contributed by atoms with Crippen LogP contribution >= 0.6 is 11.3 Å². The van der Waals surface area contributed by atoms with Gasteiger partial charge in [-0.2, -0.15) is 0 Å². The Morgan fingerprint density at radius 3 is 2.29 bits per heavy atom. The van der Waals surface area contributed by atoms with Crippen molar-refractivity contribution < 1.29 is 18.3 Å². The predicted molar refractivity (Wildman–Crippen MR) is 112 cm³/mol. The van der Waals surface area contributed by atoms with Crippen LogP contribution in [0.4, 0.5) is 15.6 Å². The molecule has 2 aromatic heterocycles. The fourth-order valence-corrected chi connectivity index (χ4v) is 4.33. The van der Waals surface area contributed by atoms with Crippen molar-refractivity contribution in [3.05, 3.63) is 36.4 Å². The molecule has 3 rings (SSSR count). The third-order valence-corrected chi connectivity index (χ3v) is 5.34. The lowest BCUT2D eigenvalue weighted by atomic mass is 10.1. The second-order valence-corrected chi connectivity index (χ2v) is 9.96. The van der Waals surface area contributed by atoms with Crippen molar-refractivity contribution in [2.75, 3.05) is 15.9 Å². The first-order chi connectivity index (χ1) is 12.9. The van der Waals surface area contributed by atoms with Gasteiger partial charge in [-0.05, 0) is 45.0 Å². The van der Waals surface area contributed by atoms with E-state index in [2.05, 4.69) is 14.7 Å².